The highest BCUT2D eigenvalue weighted by atomic mass is 16.5. The number of hydrogen-bond acceptors (Lipinski definition) is 7. The van der Waals surface area contributed by atoms with Gasteiger partial charge in [0.1, 0.15) is 34.3 Å². The number of benzene rings is 2. The van der Waals surface area contributed by atoms with Gasteiger partial charge in [0.25, 0.3) is 5.91 Å². The number of carbonyl (C=O) groups excluding carboxylic acids is 2. The first-order chi connectivity index (χ1) is 15.0. The van der Waals surface area contributed by atoms with Crippen molar-refractivity contribution in [1.29, 1.82) is 0 Å². The van der Waals surface area contributed by atoms with E-state index in [9.17, 15) is 19.5 Å². The fourth-order valence-corrected chi connectivity index (χ4v) is 3.75. The van der Waals surface area contributed by atoms with Crippen molar-refractivity contribution in [3.63, 3.8) is 0 Å². The molecule has 2 aromatic carbocycles. The van der Waals surface area contributed by atoms with E-state index in [1.54, 1.807) is 12.1 Å². The number of phenols is 1. The molecule has 1 saturated heterocycles. The van der Waals surface area contributed by atoms with Crippen molar-refractivity contribution in [2.45, 2.75) is 18.9 Å². The topological polar surface area (TPSA) is 106 Å². The Hall–Kier alpha value is -3.81. The van der Waals surface area contributed by atoms with E-state index < -0.39 is 17.4 Å². The second kappa shape index (κ2) is 8.51. The molecule has 3 aromatic rings. The van der Waals surface area contributed by atoms with E-state index in [4.69, 9.17) is 13.9 Å². The average Bonchev–Trinajstić information content (AvgIpc) is 3.27. The van der Waals surface area contributed by atoms with E-state index in [2.05, 4.69) is 0 Å². The number of fused-ring (bicyclic) bond motifs is 1. The molecule has 0 radical (unpaired) electrons. The Balaban J connectivity index is 1.58. The third-order valence-corrected chi connectivity index (χ3v) is 5.25. The second-order valence-corrected chi connectivity index (χ2v) is 7.21. The Morgan fingerprint density at radius 1 is 1.19 bits per heavy atom. The Kier molecular flexibility index (Phi) is 5.62. The molecule has 0 unspecified atom stereocenters. The molecule has 0 saturated carbocycles. The summed E-state index contributed by atoms with van der Waals surface area (Å²) in [5.74, 6) is -0.609. The highest BCUT2D eigenvalue weighted by Gasteiger charge is 2.34. The number of likely N-dealkylation sites (tertiary alicyclic amines) is 1. The highest BCUT2D eigenvalue weighted by Crippen LogP contribution is 2.31. The van der Waals surface area contributed by atoms with Gasteiger partial charge in [-0.3, -0.25) is 9.59 Å². The Morgan fingerprint density at radius 3 is 2.71 bits per heavy atom. The molecule has 31 heavy (non-hydrogen) atoms. The summed E-state index contributed by atoms with van der Waals surface area (Å²) in [4.78, 5) is 38.3. The van der Waals surface area contributed by atoms with Crippen LogP contribution in [0.3, 0.4) is 0 Å². The first-order valence-electron chi connectivity index (χ1n) is 9.84. The molecule has 0 spiro atoms. The molecule has 0 bridgehead atoms. The number of nitrogens with zero attached hydrogens (tertiary/aromatic N) is 1. The van der Waals surface area contributed by atoms with E-state index in [0.29, 0.717) is 30.7 Å². The maximum atomic E-state index is 12.5. The molecule has 1 aliphatic heterocycles. The van der Waals surface area contributed by atoms with Gasteiger partial charge in [0.05, 0.1) is 7.11 Å². The number of carbonyl (C=O) groups is 2. The van der Waals surface area contributed by atoms with Crippen molar-refractivity contribution in [2.24, 2.45) is 0 Å². The van der Waals surface area contributed by atoms with E-state index in [1.807, 2.05) is 18.2 Å². The summed E-state index contributed by atoms with van der Waals surface area (Å²) < 4.78 is 16.1. The quantitative estimate of drug-likeness (QED) is 0.629. The molecule has 1 fully saturated rings. The van der Waals surface area contributed by atoms with E-state index in [1.165, 1.54) is 30.2 Å². The molecule has 4 rings (SSSR count). The number of methoxy groups -OCH3 is 1. The van der Waals surface area contributed by atoms with Crippen molar-refractivity contribution < 1.29 is 28.6 Å². The molecule has 0 aliphatic carbocycles. The van der Waals surface area contributed by atoms with Crippen LogP contribution in [0.5, 0.6) is 11.5 Å². The van der Waals surface area contributed by atoms with Gasteiger partial charge in [0, 0.05) is 30.3 Å². The summed E-state index contributed by atoms with van der Waals surface area (Å²) in [5, 5.41) is 10.4. The minimum Gasteiger partial charge on any atom is -0.507 e. The third kappa shape index (κ3) is 4.09. The molecule has 1 N–H and O–H groups in total. The number of phenolic OH excluding ortho intramolecular Hbond substituents is 1. The van der Waals surface area contributed by atoms with Crippen LogP contribution in [-0.4, -0.2) is 48.2 Å². The van der Waals surface area contributed by atoms with Gasteiger partial charge in [-0.05, 0) is 12.8 Å². The van der Waals surface area contributed by atoms with Crippen molar-refractivity contribution in [1.82, 2.24) is 4.90 Å². The lowest BCUT2D eigenvalue weighted by atomic mass is 10.1. The zero-order chi connectivity index (χ0) is 22.0. The highest BCUT2D eigenvalue weighted by molar-refractivity contribution is 5.87. The molecule has 8 nitrogen and oxygen atoms in total. The second-order valence-electron chi connectivity index (χ2n) is 7.21. The molecule has 2 heterocycles. The zero-order valence-electron chi connectivity index (χ0n) is 16.9. The molecule has 160 valence electrons. The van der Waals surface area contributed by atoms with Crippen LogP contribution in [0.4, 0.5) is 0 Å². The number of amides is 1. The third-order valence-electron chi connectivity index (χ3n) is 5.25. The van der Waals surface area contributed by atoms with Crippen LogP contribution in [0.15, 0.2) is 57.7 Å². The summed E-state index contributed by atoms with van der Waals surface area (Å²) in [7, 11) is 1.29. The van der Waals surface area contributed by atoms with Gasteiger partial charge in [-0.1, -0.05) is 30.3 Å². The molecule has 1 aromatic heterocycles. The molecular formula is C23H21NO7. The predicted octanol–water partition coefficient (Wildman–Crippen LogP) is 2.71. The lowest BCUT2D eigenvalue weighted by Gasteiger charge is -2.22. The van der Waals surface area contributed by atoms with Crippen molar-refractivity contribution in [2.75, 3.05) is 20.3 Å². The summed E-state index contributed by atoms with van der Waals surface area (Å²) in [6.45, 7) is 0.112. The van der Waals surface area contributed by atoms with Crippen molar-refractivity contribution >= 4 is 22.8 Å². The van der Waals surface area contributed by atoms with E-state index >= 15 is 0 Å². The molecular weight excluding hydrogens is 402 g/mol. The lowest BCUT2D eigenvalue weighted by Crippen LogP contribution is -2.43. The summed E-state index contributed by atoms with van der Waals surface area (Å²) in [6, 6.07) is 12.5. The summed E-state index contributed by atoms with van der Waals surface area (Å²) in [6.07, 6.45) is 1.25. The van der Waals surface area contributed by atoms with Crippen LogP contribution < -0.4 is 10.2 Å². The fraction of sp³-hybridized carbons (Fsp3) is 0.261. The van der Waals surface area contributed by atoms with Gasteiger partial charge in [0.15, 0.2) is 12.0 Å². The molecule has 1 atom stereocenters. The first-order valence-corrected chi connectivity index (χ1v) is 9.84. The minimum absolute atomic E-state index is 0.0312. The summed E-state index contributed by atoms with van der Waals surface area (Å²) in [5.41, 5.74) is 0.464. The number of aromatic hydroxyl groups is 1. The van der Waals surface area contributed by atoms with Crippen LogP contribution in [0.25, 0.3) is 22.3 Å². The standard InChI is InChI=1S/C23H21NO7/c1-29-23(28)16-8-5-9-24(16)21(27)13-30-15-10-17(25)22-18(26)12-19(31-20(22)11-15)14-6-3-2-4-7-14/h2-4,6-7,10-12,16,25H,5,8-9,13H2,1H3/t16-/m0/s1. The van der Waals surface area contributed by atoms with Gasteiger partial charge in [-0.15, -0.1) is 0 Å². The number of ether oxygens (including phenoxy) is 2. The number of esters is 1. The van der Waals surface area contributed by atoms with E-state index in [0.717, 1.165) is 0 Å². The predicted molar refractivity (Wildman–Crippen MR) is 112 cm³/mol. The lowest BCUT2D eigenvalue weighted by molar-refractivity contribution is -0.151. The van der Waals surface area contributed by atoms with Crippen LogP contribution in [-0.2, 0) is 14.3 Å². The van der Waals surface area contributed by atoms with Crippen LogP contribution in [0.1, 0.15) is 12.8 Å². The van der Waals surface area contributed by atoms with Gasteiger partial charge in [0.2, 0.25) is 0 Å². The van der Waals surface area contributed by atoms with Gasteiger partial charge in [-0.25, -0.2) is 4.79 Å². The Bertz CT molecular complexity index is 1190. The maximum Gasteiger partial charge on any atom is 0.328 e. The Labute approximate surface area is 177 Å². The minimum atomic E-state index is -0.613. The summed E-state index contributed by atoms with van der Waals surface area (Å²) >= 11 is 0. The monoisotopic (exact) mass is 423 g/mol. The van der Waals surface area contributed by atoms with Crippen LogP contribution in [0.2, 0.25) is 0 Å². The van der Waals surface area contributed by atoms with Crippen molar-refractivity contribution in [3.05, 3.63) is 58.8 Å². The van der Waals surface area contributed by atoms with Gasteiger partial charge >= 0.3 is 5.97 Å². The number of rotatable bonds is 5. The molecule has 1 amide bonds. The Morgan fingerprint density at radius 2 is 1.97 bits per heavy atom. The first kappa shape index (κ1) is 20.5. The van der Waals surface area contributed by atoms with Crippen molar-refractivity contribution in [3.8, 4) is 22.8 Å². The van der Waals surface area contributed by atoms with Crippen LogP contribution in [0, 0.1) is 0 Å². The normalized spacial score (nSPS) is 15.8. The van der Waals surface area contributed by atoms with Gasteiger partial charge in [-0.2, -0.15) is 0 Å². The molecule has 8 heteroatoms. The zero-order valence-corrected chi connectivity index (χ0v) is 16.9. The molecule has 1 aliphatic rings. The fourth-order valence-electron chi connectivity index (χ4n) is 3.75. The smallest absolute Gasteiger partial charge is 0.328 e. The van der Waals surface area contributed by atoms with E-state index in [-0.39, 0.29) is 35.0 Å². The SMILES string of the molecule is COC(=O)[C@@H]1CCCN1C(=O)COc1cc(O)c2c(=O)cc(-c3ccccc3)oc2c1. The van der Waals surface area contributed by atoms with Gasteiger partial charge < -0.3 is 23.9 Å². The maximum absolute atomic E-state index is 12.5. The average molecular weight is 423 g/mol. The van der Waals surface area contributed by atoms with Crippen LogP contribution >= 0.6 is 0 Å². The largest absolute Gasteiger partial charge is 0.507 e. The number of hydrogen-bond donors (Lipinski definition) is 1.